The number of nitriles is 1. The van der Waals surface area contributed by atoms with Gasteiger partial charge in [0.2, 0.25) is 0 Å². The number of alkyl halides is 2. The van der Waals surface area contributed by atoms with Gasteiger partial charge in [0, 0.05) is 5.56 Å². The lowest BCUT2D eigenvalue weighted by atomic mass is 10.1. The van der Waals surface area contributed by atoms with Crippen molar-refractivity contribution < 1.29 is 18.3 Å². The van der Waals surface area contributed by atoms with E-state index >= 15 is 0 Å². The van der Waals surface area contributed by atoms with Crippen molar-refractivity contribution in [3.05, 3.63) is 29.8 Å². The number of ether oxygens (including phenoxy) is 1. The molecule has 0 heterocycles. The van der Waals surface area contributed by atoms with Crippen LogP contribution in [-0.4, -0.2) is 18.6 Å². The number of halogens is 2. The highest BCUT2D eigenvalue weighted by atomic mass is 19.3. The normalized spacial score (nSPS) is 11.7. The first kappa shape index (κ1) is 14.9. The standard InChI is InChI=1S/C13H14F2N2O2/c1-2-3-10(8-16)17-12(18)9-4-6-11(7-5-9)19-13(14)15/h4-7,10,13H,2-3H2,1H3,(H,17,18). The zero-order chi connectivity index (χ0) is 14.3. The van der Waals surface area contributed by atoms with Crippen LogP contribution in [0.1, 0.15) is 30.1 Å². The highest BCUT2D eigenvalue weighted by molar-refractivity contribution is 5.94. The van der Waals surface area contributed by atoms with Gasteiger partial charge in [-0.05, 0) is 30.7 Å². The fourth-order valence-corrected chi connectivity index (χ4v) is 1.49. The fourth-order valence-electron chi connectivity index (χ4n) is 1.49. The van der Waals surface area contributed by atoms with Gasteiger partial charge in [-0.15, -0.1) is 0 Å². The lowest BCUT2D eigenvalue weighted by molar-refractivity contribution is -0.0498. The van der Waals surface area contributed by atoms with Crippen LogP contribution in [0.2, 0.25) is 0 Å². The topological polar surface area (TPSA) is 62.1 Å². The Hall–Kier alpha value is -2.16. The van der Waals surface area contributed by atoms with Gasteiger partial charge in [0.15, 0.2) is 0 Å². The lowest BCUT2D eigenvalue weighted by Crippen LogP contribution is -2.33. The summed E-state index contributed by atoms with van der Waals surface area (Å²) in [5.74, 6) is -0.430. The van der Waals surface area contributed by atoms with Crippen molar-refractivity contribution in [2.24, 2.45) is 0 Å². The minimum Gasteiger partial charge on any atom is -0.435 e. The molecule has 0 aromatic heterocycles. The summed E-state index contributed by atoms with van der Waals surface area (Å²) in [5, 5.41) is 11.4. The van der Waals surface area contributed by atoms with Crippen molar-refractivity contribution in [1.29, 1.82) is 5.26 Å². The largest absolute Gasteiger partial charge is 0.435 e. The van der Waals surface area contributed by atoms with Gasteiger partial charge in [-0.2, -0.15) is 14.0 Å². The maximum atomic E-state index is 11.9. The SMILES string of the molecule is CCCC(C#N)NC(=O)c1ccc(OC(F)F)cc1. The van der Waals surface area contributed by atoms with Gasteiger partial charge in [0.25, 0.3) is 5.91 Å². The number of carbonyl (C=O) groups is 1. The number of hydrogen-bond acceptors (Lipinski definition) is 3. The van der Waals surface area contributed by atoms with Crippen LogP contribution < -0.4 is 10.1 Å². The monoisotopic (exact) mass is 268 g/mol. The van der Waals surface area contributed by atoms with Gasteiger partial charge < -0.3 is 10.1 Å². The van der Waals surface area contributed by atoms with Crippen LogP contribution in [0.15, 0.2) is 24.3 Å². The Labute approximate surface area is 110 Å². The highest BCUT2D eigenvalue weighted by Crippen LogP contribution is 2.15. The third-order valence-electron chi connectivity index (χ3n) is 2.38. The van der Waals surface area contributed by atoms with Crippen molar-refractivity contribution in [3.8, 4) is 11.8 Å². The van der Waals surface area contributed by atoms with Gasteiger partial charge in [-0.3, -0.25) is 4.79 Å². The van der Waals surface area contributed by atoms with E-state index in [0.29, 0.717) is 6.42 Å². The predicted octanol–water partition coefficient (Wildman–Crippen LogP) is 2.71. The molecule has 4 nitrogen and oxygen atoms in total. The molecular weight excluding hydrogens is 254 g/mol. The molecule has 1 aromatic rings. The van der Waals surface area contributed by atoms with E-state index in [0.717, 1.165) is 6.42 Å². The van der Waals surface area contributed by atoms with Crippen LogP contribution in [-0.2, 0) is 0 Å². The molecule has 0 fully saturated rings. The summed E-state index contributed by atoms with van der Waals surface area (Å²) in [6, 6.07) is 6.74. The second-order valence-corrected chi connectivity index (χ2v) is 3.85. The average molecular weight is 268 g/mol. The fraction of sp³-hybridized carbons (Fsp3) is 0.385. The Kier molecular flexibility index (Phi) is 5.73. The van der Waals surface area contributed by atoms with Gasteiger partial charge >= 0.3 is 6.61 Å². The zero-order valence-electron chi connectivity index (χ0n) is 10.4. The third kappa shape index (κ3) is 4.92. The maximum absolute atomic E-state index is 11.9. The predicted molar refractivity (Wildman–Crippen MR) is 64.8 cm³/mol. The molecule has 0 radical (unpaired) electrons. The van der Waals surface area contributed by atoms with Crippen LogP contribution in [0.25, 0.3) is 0 Å². The van der Waals surface area contributed by atoms with Gasteiger partial charge in [0.1, 0.15) is 11.8 Å². The Morgan fingerprint density at radius 1 is 1.42 bits per heavy atom. The molecule has 0 bridgehead atoms. The Bertz CT molecular complexity index is 455. The molecule has 0 saturated carbocycles. The Morgan fingerprint density at radius 2 is 2.05 bits per heavy atom. The minimum atomic E-state index is -2.90. The summed E-state index contributed by atoms with van der Waals surface area (Å²) in [6.07, 6.45) is 1.34. The maximum Gasteiger partial charge on any atom is 0.387 e. The van der Waals surface area contributed by atoms with Crippen LogP contribution in [0.3, 0.4) is 0 Å². The van der Waals surface area contributed by atoms with E-state index < -0.39 is 18.6 Å². The van der Waals surface area contributed by atoms with Crippen LogP contribution >= 0.6 is 0 Å². The Morgan fingerprint density at radius 3 is 2.53 bits per heavy atom. The molecule has 1 atom stereocenters. The average Bonchev–Trinajstić information content (AvgIpc) is 2.38. The van der Waals surface area contributed by atoms with Crippen molar-refractivity contribution in [1.82, 2.24) is 5.32 Å². The summed E-state index contributed by atoms with van der Waals surface area (Å²) in [7, 11) is 0. The number of benzene rings is 1. The Balaban J connectivity index is 2.65. The number of amides is 1. The van der Waals surface area contributed by atoms with Crippen LogP contribution in [0.5, 0.6) is 5.75 Å². The molecular formula is C13H14F2N2O2. The molecule has 0 aliphatic heterocycles. The highest BCUT2D eigenvalue weighted by Gasteiger charge is 2.12. The number of nitrogens with one attached hydrogen (secondary N) is 1. The van der Waals surface area contributed by atoms with E-state index in [1.54, 1.807) is 0 Å². The molecule has 1 N–H and O–H groups in total. The van der Waals surface area contributed by atoms with Crippen molar-refractivity contribution in [2.45, 2.75) is 32.4 Å². The summed E-state index contributed by atoms with van der Waals surface area (Å²) < 4.78 is 28.1. The third-order valence-corrected chi connectivity index (χ3v) is 2.38. The number of rotatable bonds is 6. The van der Waals surface area contributed by atoms with E-state index in [1.165, 1.54) is 24.3 Å². The van der Waals surface area contributed by atoms with Crippen molar-refractivity contribution in [2.75, 3.05) is 0 Å². The molecule has 1 aromatic carbocycles. The number of hydrogen-bond donors (Lipinski definition) is 1. The molecule has 102 valence electrons. The molecule has 0 aliphatic rings. The molecule has 0 saturated heterocycles. The van der Waals surface area contributed by atoms with Crippen LogP contribution in [0, 0.1) is 11.3 Å². The zero-order valence-corrected chi connectivity index (χ0v) is 10.4. The molecule has 6 heteroatoms. The summed E-state index contributed by atoms with van der Waals surface area (Å²) in [6.45, 7) is -0.986. The molecule has 1 amide bonds. The van der Waals surface area contributed by atoms with E-state index in [4.69, 9.17) is 5.26 Å². The van der Waals surface area contributed by atoms with E-state index in [2.05, 4.69) is 10.1 Å². The van der Waals surface area contributed by atoms with E-state index in [9.17, 15) is 13.6 Å². The quantitative estimate of drug-likeness (QED) is 0.862. The smallest absolute Gasteiger partial charge is 0.387 e. The van der Waals surface area contributed by atoms with Gasteiger partial charge in [-0.25, -0.2) is 0 Å². The molecule has 1 rings (SSSR count). The van der Waals surface area contributed by atoms with Crippen molar-refractivity contribution >= 4 is 5.91 Å². The first-order chi connectivity index (χ1) is 9.06. The first-order valence-corrected chi connectivity index (χ1v) is 5.82. The lowest BCUT2D eigenvalue weighted by Gasteiger charge is -2.10. The second-order valence-electron chi connectivity index (χ2n) is 3.85. The number of carbonyl (C=O) groups excluding carboxylic acids is 1. The van der Waals surface area contributed by atoms with Crippen LogP contribution in [0.4, 0.5) is 8.78 Å². The van der Waals surface area contributed by atoms with Crippen molar-refractivity contribution in [3.63, 3.8) is 0 Å². The summed E-state index contributed by atoms with van der Waals surface area (Å²) in [4.78, 5) is 11.8. The summed E-state index contributed by atoms with van der Waals surface area (Å²) >= 11 is 0. The van der Waals surface area contributed by atoms with E-state index in [1.807, 2.05) is 13.0 Å². The molecule has 19 heavy (non-hydrogen) atoms. The molecule has 1 unspecified atom stereocenters. The second kappa shape index (κ2) is 7.31. The minimum absolute atomic E-state index is 0.0167. The molecule has 0 spiro atoms. The van der Waals surface area contributed by atoms with Gasteiger partial charge in [-0.1, -0.05) is 13.3 Å². The summed E-state index contributed by atoms with van der Waals surface area (Å²) in [5.41, 5.74) is 0.290. The first-order valence-electron chi connectivity index (χ1n) is 5.82. The number of nitrogens with zero attached hydrogens (tertiary/aromatic N) is 1. The van der Waals surface area contributed by atoms with Gasteiger partial charge in [0.05, 0.1) is 6.07 Å². The molecule has 0 aliphatic carbocycles. The van der Waals surface area contributed by atoms with E-state index in [-0.39, 0.29) is 11.3 Å².